The number of nitrogens with one attached hydrogen (secondary N) is 2. The zero-order valence-electron chi connectivity index (χ0n) is 15.0. The minimum absolute atomic E-state index is 0. The van der Waals surface area contributed by atoms with Crippen LogP contribution in [-0.4, -0.2) is 32.8 Å². The second-order valence-corrected chi connectivity index (χ2v) is 5.25. The van der Waals surface area contributed by atoms with Crippen LogP contribution in [0, 0.1) is 5.82 Å². The molecule has 0 unspecified atom stereocenters. The van der Waals surface area contributed by atoms with Gasteiger partial charge in [0, 0.05) is 6.54 Å². The third kappa shape index (κ3) is 7.47. The van der Waals surface area contributed by atoms with Crippen LogP contribution in [0.1, 0.15) is 12.5 Å². The van der Waals surface area contributed by atoms with E-state index in [1.54, 1.807) is 12.1 Å². The fourth-order valence-electron chi connectivity index (χ4n) is 2.18. The van der Waals surface area contributed by atoms with Gasteiger partial charge in [-0.2, -0.15) is 0 Å². The van der Waals surface area contributed by atoms with Gasteiger partial charge in [0.25, 0.3) is 0 Å². The zero-order valence-corrected chi connectivity index (χ0v) is 17.3. The zero-order chi connectivity index (χ0) is 17.9. The summed E-state index contributed by atoms with van der Waals surface area (Å²) in [5.41, 5.74) is 0.774. The van der Waals surface area contributed by atoms with Crippen molar-refractivity contribution in [1.82, 2.24) is 10.6 Å². The molecule has 142 valence electrons. The lowest BCUT2D eigenvalue weighted by Crippen LogP contribution is -2.39. The molecule has 7 heteroatoms. The maximum atomic E-state index is 13.7. The largest absolute Gasteiger partial charge is 0.494 e. The van der Waals surface area contributed by atoms with Gasteiger partial charge in [-0.25, -0.2) is 9.38 Å². The van der Waals surface area contributed by atoms with Gasteiger partial charge in [-0.1, -0.05) is 24.3 Å². The molecule has 0 atom stereocenters. The molecule has 0 aliphatic carbocycles. The molecule has 0 spiro atoms. The second-order valence-electron chi connectivity index (χ2n) is 5.25. The first-order valence-corrected chi connectivity index (χ1v) is 8.25. The summed E-state index contributed by atoms with van der Waals surface area (Å²) in [6.07, 6.45) is 0. The van der Waals surface area contributed by atoms with Gasteiger partial charge in [-0.3, -0.25) is 0 Å². The van der Waals surface area contributed by atoms with Crippen LogP contribution in [0.2, 0.25) is 0 Å². The van der Waals surface area contributed by atoms with Crippen LogP contribution in [0.3, 0.4) is 0 Å². The molecule has 26 heavy (non-hydrogen) atoms. The van der Waals surface area contributed by atoms with Gasteiger partial charge in [-0.15, -0.1) is 24.0 Å². The summed E-state index contributed by atoms with van der Waals surface area (Å²) in [4.78, 5) is 4.46. The standard InChI is InChI=1S/C19H24FN3O2.HI/c1-3-21-19(22-11-12-25-16-7-5-4-6-8-16)23-14-15-9-10-18(24-2)17(20)13-15;/h4-10,13H,3,11-12,14H2,1-2H3,(H2,21,22,23);1H. The molecule has 0 bridgehead atoms. The highest BCUT2D eigenvalue weighted by atomic mass is 127. The minimum Gasteiger partial charge on any atom is -0.494 e. The maximum absolute atomic E-state index is 13.7. The van der Waals surface area contributed by atoms with Gasteiger partial charge in [0.15, 0.2) is 17.5 Å². The third-order valence-corrected chi connectivity index (χ3v) is 3.39. The Morgan fingerprint density at radius 1 is 1.12 bits per heavy atom. The van der Waals surface area contributed by atoms with Crippen LogP contribution in [-0.2, 0) is 6.54 Å². The van der Waals surface area contributed by atoms with Gasteiger partial charge in [-0.05, 0) is 36.8 Å². The van der Waals surface area contributed by atoms with E-state index in [4.69, 9.17) is 9.47 Å². The lowest BCUT2D eigenvalue weighted by atomic mass is 10.2. The Morgan fingerprint density at radius 2 is 1.88 bits per heavy atom. The van der Waals surface area contributed by atoms with Crippen LogP contribution in [0.5, 0.6) is 11.5 Å². The fourth-order valence-corrected chi connectivity index (χ4v) is 2.18. The first kappa shape index (κ1) is 22.0. The van der Waals surface area contributed by atoms with E-state index < -0.39 is 0 Å². The van der Waals surface area contributed by atoms with Crippen LogP contribution < -0.4 is 20.1 Å². The van der Waals surface area contributed by atoms with Crippen molar-refractivity contribution in [2.45, 2.75) is 13.5 Å². The molecule has 0 aliphatic rings. The number of ether oxygens (including phenoxy) is 2. The molecule has 2 aromatic carbocycles. The van der Waals surface area contributed by atoms with E-state index in [-0.39, 0.29) is 35.5 Å². The van der Waals surface area contributed by atoms with E-state index in [0.717, 1.165) is 17.9 Å². The minimum atomic E-state index is -0.385. The number of benzene rings is 2. The van der Waals surface area contributed by atoms with Gasteiger partial charge in [0.1, 0.15) is 12.4 Å². The molecule has 0 aromatic heterocycles. The van der Waals surface area contributed by atoms with Gasteiger partial charge in [0.2, 0.25) is 0 Å². The van der Waals surface area contributed by atoms with Crippen molar-refractivity contribution in [3.63, 3.8) is 0 Å². The third-order valence-electron chi connectivity index (χ3n) is 3.39. The Balaban J connectivity index is 0.00000338. The quantitative estimate of drug-likeness (QED) is 0.267. The summed E-state index contributed by atoms with van der Waals surface area (Å²) in [6.45, 7) is 4.23. The first-order valence-electron chi connectivity index (χ1n) is 8.25. The van der Waals surface area contributed by atoms with Crippen molar-refractivity contribution in [2.24, 2.45) is 4.99 Å². The highest BCUT2D eigenvalue weighted by Crippen LogP contribution is 2.18. The number of rotatable bonds is 8. The molecule has 2 aromatic rings. The van der Waals surface area contributed by atoms with Crippen molar-refractivity contribution < 1.29 is 13.9 Å². The Labute approximate surface area is 171 Å². The van der Waals surface area contributed by atoms with Crippen molar-refractivity contribution >= 4 is 29.9 Å². The number of aliphatic imine (C=N–C) groups is 1. The molecular formula is C19H25FIN3O2. The van der Waals surface area contributed by atoms with E-state index in [1.165, 1.54) is 13.2 Å². The summed E-state index contributed by atoms with van der Waals surface area (Å²) in [5.74, 6) is 1.34. The molecule has 0 heterocycles. The van der Waals surface area contributed by atoms with E-state index in [1.807, 2.05) is 37.3 Å². The number of para-hydroxylation sites is 1. The Kier molecular flexibility index (Phi) is 10.5. The predicted octanol–water partition coefficient (Wildman–Crippen LogP) is 3.59. The molecule has 2 rings (SSSR count). The van der Waals surface area contributed by atoms with Crippen molar-refractivity contribution in [2.75, 3.05) is 26.8 Å². The molecule has 2 N–H and O–H groups in total. The summed E-state index contributed by atoms with van der Waals surface area (Å²) in [7, 11) is 1.45. The van der Waals surface area contributed by atoms with E-state index >= 15 is 0 Å². The first-order chi connectivity index (χ1) is 12.2. The van der Waals surface area contributed by atoms with E-state index in [2.05, 4.69) is 15.6 Å². The van der Waals surface area contributed by atoms with Gasteiger partial charge in [0.05, 0.1) is 20.2 Å². The lowest BCUT2D eigenvalue weighted by Gasteiger charge is -2.12. The number of hydrogen-bond acceptors (Lipinski definition) is 3. The highest BCUT2D eigenvalue weighted by molar-refractivity contribution is 14.0. The van der Waals surface area contributed by atoms with Crippen LogP contribution >= 0.6 is 24.0 Å². The number of guanidine groups is 1. The SMILES string of the molecule is CCNC(=NCc1ccc(OC)c(F)c1)NCCOc1ccccc1.I. The Hall–Kier alpha value is -2.03. The van der Waals surface area contributed by atoms with E-state index in [9.17, 15) is 4.39 Å². The number of nitrogens with zero attached hydrogens (tertiary/aromatic N) is 1. The molecule has 0 amide bonds. The van der Waals surface area contributed by atoms with Crippen molar-refractivity contribution in [3.8, 4) is 11.5 Å². The molecule has 0 aliphatic heterocycles. The summed E-state index contributed by atoms with van der Waals surface area (Å²) in [6, 6.07) is 14.5. The molecule has 0 saturated heterocycles. The molecule has 0 radical (unpaired) electrons. The smallest absolute Gasteiger partial charge is 0.191 e. The molecule has 0 fully saturated rings. The number of halogens is 2. The maximum Gasteiger partial charge on any atom is 0.191 e. The molecule has 5 nitrogen and oxygen atoms in total. The van der Waals surface area contributed by atoms with E-state index in [0.29, 0.717) is 25.7 Å². The second kappa shape index (κ2) is 12.3. The average molecular weight is 473 g/mol. The Bertz CT molecular complexity index is 684. The number of methoxy groups -OCH3 is 1. The van der Waals surface area contributed by atoms with Crippen LogP contribution in [0.25, 0.3) is 0 Å². The lowest BCUT2D eigenvalue weighted by molar-refractivity contribution is 0.322. The summed E-state index contributed by atoms with van der Waals surface area (Å²) < 4.78 is 24.3. The fraction of sp³-hybridized carbons (Fsp3) is 0.316. The molecule has 0 saturated carbocycles. The van der Waals surface area contributed by atoms with Crippen molar-refractivity contribution in [3.05, 3.63) is 59.9 Å². The van der Waals surface area contributed by atoms with Crippen LogP contribution in [0.4, 0.5) is 4.39 Å². The highest BCUT2D eigenvalue weighted by Gasteiger charge is 2.04. The monoisotopic (exact) mass is 473 g/mol. The van der Waals surface area contributed by atoms with Crippen LogP contribution in [0.15, 0.2) is 53.5 Å². The topological polar surface area (TPSA) is 54.9 Å². The molecular weight excluding hydrogens is 448 g/mol. The number of hydrogen-bond donors (Lipinski definition) is 2. The Morgan fingerprint density at radius 3 is 2.54 bits per heavy atom. The normalized spacial score (nSPS) is 10.7. The summed E-state index contributed by atoms with van der Waals surface area (Å²) in [5, 5.41) is 6.35. The predicted molar refractivity (Wildman–Crippen MR) is 113 cm³/mol. The van der Waals surface area contributed by atoms with Crippen molar-refractivity contribution in [1.29, 1.82) is 0 Å². The average Bonchev–Trinajstić information content (AvgIpc) is 2.64. The summed E-state index contributed by atoms with van der Waals surface area (Å²) >= 11 is 0. The van der Waals surface area contributed by atoms with Gasteiger partial charge < -0.3 is 20.1 Å². The van der Waals surface area contributed by atoms with Gasteiger partial charge >= 0.3 is 0 Å².